The molecule has 0 aromatic rings. The van der Waals surface area contributed by atoms with Crippen molar-refractivity contribution in [2.45, 2.75) is 39.5 Å². The lowest BCUT2D eigenvalue weighted by molar-refractivity contribution is -0.121. The van der Waals surface area contributed by atoms with Crippen LogP contribution in [0.4, 0.5) is 0 Å². The van der Waals surface area contributed by atoms with E-state index in [1.54, 1.807) is 0 Å². The first-order chi connectivity index (χ1) is 4.79. The molecule has 1 heteroatoms. The van der Waals surface area contributed by atoms with E-state index in [9.17, 15) is 4.79 Å². The molecule has 1 aliphatic carbocycles. The van der Waals surface area contributed by atoms with Gasteiger partial charge in [-0.05, 0) is 18.8 Å². The third-order valence-electron chi connectivity index (χ3n) is 2.71. The molecule has 0 saturated heterocycles. The van der Waals surface area contributed by atoms with Gasteiger partial charge < -0.3 is 0 Å². The maximum absolute atomic E-state index is 11.2. The lowest BCUT2D eigenvalue weighted by atomic mass is 9.91. The van der Waals surface area contributed by atoms with Crippen LogP contribution in [-0.4, -0.2) is 5.78 Å². The number of carbonyl (C=O) groups excluding carboxylic acids is 1. The van der Waals surface area contributed by atoms with Crippen molar-refractivity contribution in [1.29, 1.82) is 0 Å². The molecule has 1 fully saturated rings. The zero-order valence-corrected chi connectivity index (χ0v) is 6.89. The lowest BCUT2D eigenvalue weighted by Gasteiger charge is -2.12. The molecule has 0 bridgehead atoms. The Kier molecular flexibility index (Phi) is 2.47. The number of hydrogen-bond donors (Lipinski definition) is 0. The fraction of sp³-hybridized carbons (Fsp3) is 0.889. The minimum Gasteiger partial charge on any atom is -0.299 e. The maximum atomic E-state index is 11.2. The molecule has 1 rings (SSSR count). The van der Waals surface area contributed by atoms with Gasteiger partial charge in [-0.25, -0.2) is 0 Å². The monoisotopic (exact) mass is 140 g/mol. The third-order valence-corrected chi connectivity index (χ3v) is 2.71. The topological polar surface area (TPSA) is 17.1 Å². The minimum atomic E-state index is 0.407. The maximum Gasteiger partial charge on any atom is 0.136 e. The summed E-state index contributed by atoms with van der Waals surface area (Å²) in [4.78, 5) is 11.2. The van der Waals surface area contributed by atoms with E-state index in [0.29, 0.717) is 17.6 Å². The zero-order valence-electron chi connectivity index (χ0n) is 6.89. The van der Waals surface area contributed by atoms with Crippen LogP contribution < -0.4 is 0 Å². The predicted molar refractivity (Wildman–Crippen MR) is 41.8 cm³/mol. The number of Topliss-reactive ketones (excluding diaryl/α,β-unsaturated/α-hetero) is 1. The summed E-state index contributed by atoms with van der Waals surface area (Å²) in [6.07, 6.45) is 4.23. The largest absolute Gasteiger partial charge is 0.299 e. The molecule has 0 aromatic heterocycles. The molecule has 0 radical (unpaired) electrons. The van der Waals surface area contributed by atoms with E-state index in [2.05, 4.69) is 13.8 Å². The molecule has 1 nitrogen and oxygen atoms in total. The highest BCUT2D eigenvalue weighted by Crippen LogP contribution is 2.32. The first kappa shape index (κ1) is 7.77. The normalized spacial score (nSPS) is 33.2. The van der Waals surface area contributed by atoms with Crippen LogP contribution in [0, 0.1) is 11.8 Å². The molecule has 0 spiro atoms. The lowest BCUT2D eigenvalue weighted by Crippen LogP contribution is -2.12. The van der Waals surface area contributed by atoms with E-state index >= 15 is 0 Å². The molecule has 10 heavy (non-hydrogen) atoms. The van der Waals surface area contributed by atoms with Gasteiger partial charge in [0.1, 0.15) is 5.78 Å². The fourth-order valence-electron chi connectivity index (χ4n) is 2.03. The van der Waals surface area contributed by atoms with Crippen molar-refractivity contribution in [1.82, 2.24) is 0 Å². The summed E-state index contributed by atoms with van der Waals surface area (Å²) in [5.74, 6) is 1.62. The van der Waals surface area contributed by atoms with Crippen molar-refractivity contribution in [3.8, 4) is 0 Å². The Balaban J connectivity index is 2.54. The Morgan fingerprint density at radius 3 is 2.50 bits per heavy atom. The van der Waals surface area contributed by atoms with Crippen molar-refractivity contribution >= 4 is 5.78 Å². The quantitative estimate of drug-likeness (QED) is 0.575. The predicted octanol–water partition coefficient (Wildman–Crippen LogP) is 2.40. The molecular formula is C9H16O. The van der Waals surface area contributed by atoms with Crippen LogP contribution in [0.3, 0.4) is 0 Å². The first-order valence-corrected chi connectivity index (χ1v) is 4.32. The van der Waals surface area contributed by atoms with E-state index in [-0.39, 0.29) is 0 Å². The highest BCUT2D eigenvalue weighted by Gasteiger charge is 2.31. The molecule has 58 valence electrons. The van der Waals surface area contributed by atoms with Gasteiger partial charge in [0.25, 0.3) is 0 Å². The van der Waals surface area contributed by atoms with E-state index in [0.717, 1.165) is 19.3 Å². The average Bonchev–Trinajstić information content (AvgIpc) is 2.30. The van der Waals surface area contributed by atoms with Gasteiger partial charge in [0.15, 0.2) is 0 Å². The van der Waals surface area contributed by atoms with Crippen LogP contribution in [-0.2, 0) is 4.79 Å². The second-order valence-corrected chi connectivity index (χ2v) is 3.19. The number of carbonyl (C=O) groups is 1. The van der Waals surface area contributed by atoms with E-state index in [1.165, 1.54) is 6.42 Å². The molecule has 1 saturated carbocycles. The third kappa shape index (κ3) is 1.23. The summed E-state index contributed by atoms with van der Waals surface area (Å²) in [7, 11) is 0. The Morgan fingerprint density at radius 2 is 2.10 bits per heavy atom. The van der Waals surface area contributed by atoms with Gasteiger partial charge in [0, 0.05) is 12.3 Å². The Morgan fingerprint density at radius 1 is 1.40 bits per heavy atom. The van der Waals surface area contributed by atoms with Crippen molar-refractivity contribution < 1.29 is 4.79 Å². The van der Waals surface area contributed by atoms with Gasteiger partial charge in [-0.2, -0.15) is 0 Å². The van der Waals surface area contributed by atoms with E-state index in [4.69, 9.17) is 0 Å². The highest BCUT2D eigenvalue weighted by molar-refractivity contribution is 5.83. The summed E-state index contributed by atoms with van der Waals surface area (Å²) in [5.41, 5.74) is 0. The van der Waals surface area contributed by atoms with Crippen LogP contribution in [0.15, 0.2) is 0 Å². The molecule has 0 aliphatic heterocycles. The summed E-state index contributed by atoms with van der Waals surface area (Å²) < 4.78 is 0. The van der Waals surface area contributed by atoms with Crippen molar-refractivity contribution in [3.63, 3.8) is 0 Å². The Hall–Kier alpha value is -0.330. The number of hydrogen-bond acceptors (Lipinski definition) is 1. The second-order valence-electron chi connectivity index (χ2n) is 3.19. The van der Waals surface area contributed by atoms with Crippen molar-refractivity contribution in [2.75, 3.05) is 0 Å². The average molecular weight is 140 g/mol. The van der Waals surface area contributed by atoms with E-state index in [1.807, 2.05) is 0 Å². The van der Waals surface area contributed by atoms with Gasteiger partial charge in [0.2, 0.25) is 0 Å². The van der Waals surface area contributed by atoms with Gasteiger partial charge in [-0.15, -0.1) is 0 Å². The Bertz CT molecular complexity index is 129. The molecule has 2 atom stereocenters. The van der Waals surface area contributed by atoms with Crippen LogP contribution >= 0.6 is 0 Å². The van der Waals surface area contributed by atoms with Gasteiger partial charge >= 0.3 is 0 Å². The van der Waals surface area contributed by atoms with Crippen molar-refractivity contribution in [2.24, 2.45) is 11.8 Å². The number of rotatable bonds is 2. The van der Waals surface area contributed by atoms with Gasteiger partial charge in [-0.1, -0.05) is 20.3 Å². The summed E-state index contributed by atoms with van der Waals surface area (Å²) in [5, 5.41) is 0. The van der Waals surface area contributed by atoms with E-state index < -0.39 is 0 Å². The highest BCUT2D eigenvalue weighted by atomic mass is 16.1. The van der Waals surface area contributed by atoms with Crippen LogP contribution in [0.1, 0.15) is 39.5 Å². The molecule has 0 N–H and O–H groups in total. The second kappa shape index (κ2) is 3.18. The Labute approximate surface area is 62.8 Å². The van der Waals surface area contributed by atoms with Crippen LogP contribution in [0.25, 0.3) is 0 Å². The summed E-state index contributed by atoms with van der Waals surface area (Å²) in [6.45, 7) is 4.31. The molecular weight excluding hydrogens is 124 g/mol. The smallest absolute Gasteiger partial charge is 0.136 e. The first-order valence-electron chi connectivity index (χ1n) is 4.32. The standard InChI is InChI=1S/C9H16O/c1-3-7-5-6-9(10)8(7)4-2/h7-8H,3-6H2,1-2H3/t7-,8-/m0/s1. The summed E-state index contributed by atoms with van der Waals surface area (Å²) >= 11 is 0. The fourth-order valence-corrected chi connectivity index (χ4v) is 2.03. The van der Waals surface area contributed by atoms with Crippen LogP contribution in [0.2, 0.25) is 0 Å². The van der Waals surface area contributed by atoms with Gasteiger partial charge in [0.05, 0.1) is 0 Å². The summed E-state index contributed by atoms with van der Waals surface area (Å²) in [6, 6.07) is 0. The molecule has 1 aliphatic rings. The number of ketones is 1. The molecule has 0 unspecified atom stereocenters. The van der Waals surface area contributed by atoms with Crippen molar-refractivity contribution in [3.05, 3.63) is 0 Å². The zero-order chi connectivity index (χ0) is 7.56. The minimum absolute atomic E-state index is 0.407. The molecule has 0 aromatic carbocycles. The molecule has 0 amide bonds. The van der Waals surface area contributed by atoms with Crippen LogP contribution in [0.5, 0.6) is 0 Å². The molecule has 0 heterocycles. The SMILES string of the molecule is CC[C@H]1CCC(=O)[C@H]1CC. The van der Waals surface area contributed by atoms with Gasteiger partial charge in [-0.3, -0.25) is 4.79 Å².